The fourth-order valence-corrected chi connectivity index (χ4v) is 14.5. The van der Waals surface area contributed by atoms with Crippen LogP contribution in [0.2, 0.25) is 0 Å². The van der Waals surface area contributed by atoms with Crippen LogP contribution in [0.1, 0.15) is 82.0 Å². The quantitative estimate of drug-likeness (QED) is 0.00847. The SMILES string of the molecule is CC(C)[C@H](NC(=O)[C@@H]1CCCN1C(=O)[C@H](CCCNC(=N)N)NC(=O)[C@H](CS)NC(=O)[C@H](Cc1c[nH]c2ccccc12)NC(=O)[C@H](CCCNC(=N)N)NC(=O)[C@@H](Cc1ccccc1)NC(=O)[C@H](Cc1cnc[nH]1)NC(=O)[C@H](CCC(=O)O)NC(=O)[C@H](CS)NC(=O)[C@H](CS)NC(=O)CN1CCN(CC(=O)O)CCN(CC(=O)O)CCN1CC(=O)O)C(=O)O.[177Lu].[O-2].[Re]. The van der Waals surface area contributed by atoms with E-state index in [1.807, 2.05) is 0 Å². The van der Waals surface area contributed by atoms with E-state index in [9.17, 15) is 83.1 Å². The van der Waals surface area contributed by atoms with Gasteiger partial charge < -0.3 is 121 Å². The number of carbonyl (C=O) groups excluding carboxylic acids is 11. The Kier molecular flexibility index (Phi) is 49.9. The van der Waals surface area contributed by atoms with Crippen LogP contribution in [0.5, 0.6) is 0 Å². The van der Waals surface area contributed by atoms with Gasteiger partial charge in [-0.15, -0.1) is 0 Å². The van der Waals surface area contributed by atoms with Crippen LogP contribution >= 0.6 is 37.9 Å². The van der Waals surface area contributed by atoms with Crippen molar-refractivity contribution in [1.29, 1.82) is 10.8 Å². The summed E-state index contributed by atoms with van der Waals surface area (Å²) in [6.45, 7) is 1.01. The Morgan fingerprint density at radius 2 is 0.937 bits per heavy atom. The van der Waals surface area contributed by atoms with Crippen molar-refractivity contribution in [3.63, 3.8) is 0 Å². The molecule has 710 valence electrons. The molecule has 2 aliphatic rings. The maximum Gasteiger partial charge on any atom is 0.326 e. The van der Waals surface area contributed by atoms with Gasteiger partial charge in [-0.3, -0.25) is 92.5 Å². The zero-order valence-electron chi connectivity index (χ0n) is 69.4. The first kappa shape index (κ1) is 111. The number of carbonyl (C=O) groups is 16. The molecule has 51 heteroatoms. The average molecular weight is 2170 g/mol. The van der Waals surface area contributed by atoms with Crippen molar-refractivity contribution in [3.8, 4) is 0 Å². The number of nitrogens with zero attached hydrogens (tertiary/aromatic N) is 6. The molecule has 2 saturated heterocycles. The van der Waals surface area contributed by atoms with Crippen molar-refractivity contribution in [3.05, 3.63) is 90.1 Å². The first-order valence-electron chi connectivity index (χ1n) is 39.9. The molecule has 25 N–H and O–H groups in total. The number of imidazole rings is 1. The molecule has 46 nitrogen and oxygen atoms in total. The van der Waals surface area contributed by atoms with Crippen molar-refractivity contribution >= 4 is 156 Å². The summed E-state index contributed by atoms with van der Waals surface area (Å²) < 4.78 is 0. The van der Waals surface area contributed by atoms with Gasteiger partial charge in [-0.2, -0.15) is 37.9 Å². The van der Waals surface area contributed by atoms with Gasteiger partial charge in [0.2, 0.25) is 65.0 Å². The molecule has 0 unspecified atom stereocenters. The van der Waals surface area contributed by atoms with Gasteiger partial charge in [0.25, 0.3) is 0 Å². The van der Waals surface area contributed by atoms with E-state index in [2.05, 4.69) is 117 Å². The number of aromatic nitrogens is 3. The zero-order chi connectivity index (χ0) is 91.3. The van der Waals surface area contributed by atoms with Gasteiger partial charge in [0.05, 0.1) is 26.0 Å². The standard InChI is InChI=1S/C76H112N24O21S3.Lu.O.Re/c1-42(2)63(74(120)121)95-72(118)57-17-10-22-100(57)73(119)50(16-9-21-83-76(79)80)89-71(117)56(40-124)93-67(113)52(30-44-32-84-47-14-7-6-13-46(44)47)91-64(110)48(15-8-20-82-75(77)78)87-66(112)51(29-43-11-4-3-5-12-43)90-68(114)53(31-45-33-81-41-85-45)92-65(111)49(18-19-59(102)103)88-70(116)55(39-123)94-69(115)54(38-122)86-58(101)34-98-27-25-96(35-60(104)105)23-24-97(36-61(106)107)26-28-99(98)37-62(108)109;;;/h3-7,11-14,32-33,41-42,48-57,63,84,122-124H,8-10,15-31,34-40H2,1-2H3,(H,81,85)(H,86,101)(H,87,112)(H,88,116)(H,89,117)(H,90,114)(H,91,110)(H,92,111)(H,93,113)(H,94,115)(H,95,118)(H,102,103)(H,104,105)(H,106,107)(H,108,109)(H,120,121)(H4,77,78,82)(H4,79,80,83);;;/q;;-2;/t48-,49-,50-,51+,52-,53-,54-,55-,56-,57-,63-;;;/m0.../s1/i;1+2;;. The summed E-state index contributed by atoms with van der Waals surface area (Å²) in [7, 11) is 0. The third-order valence-corrected chi connectivity index (χ3v) is 21.2. The van der Waals surface area contributed by atoms with Crippen LogP contribution in [0.3, 0.4) is 0 Å². The number of para-hydroxylation sites is 1. The topological polar surface area (TPSA) is 708 Å². The Labute approximate surface area is 789 Å². The minimum absolute atomic E-state index is 0. The fourth-order valence-electron chi connectivity index (χ4n) is 13.7. The molecule has 0 spiro atoms. The number of amides is 11. The molecule has 2 aliphatic heterocycles. The van der Waals surface area contributed by atoms with Gasteiger partial charge in [-0.05, 0) is 68.1 Å². The van der Waals surface area contributed by atoms with Gasteiger partial charge in [0, 0.05) is 188 Å². The summed E-state index contributed by atoms with van der Waals surface area (Å²) in [4.78, 5) is 234. The Bertz CT molecular complexity index is 4380. The van der Waals surface area contributed by atoms with Crippen molar-refractivity contribution in [2.24, 2.45) is 17.4 Å². The molecule has 4 aromatic rings. The second-order valence-electron chi connectivity index (χ2n) is 29.9. The van der Waals surface area contributed by atoms with E-state index < -0.39 is 236 Å². The molecular formula is C76H112LuN24O22ReS3-2. The van der Waals surface area contributed by atoms with Crippen molar-refractivity contribution < 1.29 is 165 Å². The second-order valence-corrected chi connectivity index (χ2v) is 31.0. The molecule has 2 fully saturated rings. The number of carboxylic acids is 5. The van der Waals surface area contributed by atoms with Crippen molar-refractivity contribution in [2.75, 3.05) is 102 Å². The summed E-state index contributed by atoms with van der Waals surface area (Å²) in [5.41, 5.74) is 13.0. The first-order valence-corrected chi connectivity index (χ1v) is 41.8. The number of aromatic amines is 2. The van der Waals surface area contributed by atoms with E-state index >= 15 is 19.2 Å². The van der Waals surface area contributed by atoms with E-state index in [-0.39, 0.29) is 178 Å². The number of nitrogens with one attached hydrogen (secondary N) is 16. The van der Waals surface area contributed by atoms with Crippen molar-refractivity contribution in [1.82, 2.24) is 103 Å². The Morgan fingerprint density at radius 1 is 0.504 bits per heavy atom. The maximum atomic E-state index is 15.2. The largest absolute Gasteiger partial charge is 2.00 e. The summed E-state index contributed by atoms with van der Waals surface area (Å²) >= 11 is 12.9. The van der Waals surface area contributed by atoms with Gasteiger partial charge in [0.15, 0.2) is 11.9 Å². The minimum Gasteiger partial charge on any atom is -2.00 e. The number of rotatable bonds is 50. The molecule has 0 saturated carbocycles. The summed E-state index contributed by atoms with van der Waals surface area (Å²) in [5.74, 6) is -19.7. The third-order valence-electron chi connectivity index (χ3n) is 20.1. The zero-order valence-corrected chi connectivity index (χ0v) is 76.5. The molecule has 2 radical (unpaired) electrons. The molecule has 0 aliphatic carbocycles. The number of hydrazine groups is 1. The molecule has 2 aromatic carbocycles. The summed E-state index contributed by atoms with van der Waals surface area (Å²) in [5, 5.41) is 98.5. The smallest absolute Gasteiger partial charge is 0.326 e. The molecule has 0 bridgehead atoms. The number of carboxylic acid groups (broad SMARTS) is 5. The summed E-state index contributed by atoms with van der Waals surface area (Å²) in [6, 6.07) is -1.70. The summed E-state index contributed by atoms with van der Waals surface area (Å²) in [6.07, 6.45) is 2.08. The van der Waals surface area contributed by atoms with Crippen LogP contribution in [-0.4, -0.2) is 341 Å². The third kappa shape index (κ3) is 38.1. The first-order chi connectivity index (χ1) is 59.0. The number of thiol groups is 3. The van der Waals surface area contributed by atoms with Crippen LogP contribution in [0.4, 0.5) is 0 Å². The number of hydrogen-bond acceptors (Lipinski definition) is 26. The van der Waals surface area contributed by atoms with E-state index in [1.165, 1.54) is 37.2 Å². The Morgan fingerprint density at radius 3 is 1.42 bits per heavy atom. The monoisotopic (exact) mass is 2170 g/mol. The van der Waals surface area contributed by atoms with Crippen LogP contribution in [-0.2, 0) is 122 Å². The van der Waals surface area contributed by atoms with E-state index in [0.29, 0.717) is 28.5 Å². The van der Waals surface area contributed by atoms with Gasteiger partial charge in [-0.25, -0.2) is 19.8 Å². The van der Waals surface area contributed by atoms with Crippen molar-refractivity contribution in [2.45, 2.75) is 151 Å². The predicted molar refractivity (Wildman–Crippen MR) is 457 cm³/mol. The van der Waals surface area contributed by atoms with Crippen LogP contribution in [0.15, 0.2) is 73.3 Å². The Hall–Kier alpha value is -10.0. The fraction of sp³-hybridized carbons (Fsp3) is 0.539. The van der Waals surface area contributed by atoms with Crippen LogP contribution in [0.25, 0.3) is 10.9 Å². The normalized spacial score (nSPS) is 16.2. The molecule has 11 atom stereocenters. The van der Waals surface area contributed by atoms with Crippen LogP contribution in [0, 0.1) is 53.6 Å². The number of likely N-dealkylation sites (tertiary alicyclic amines) is 1. The van der Waals surface area contributed by atoms with E-state index in [0.717, 1.165) is 0 Å². The molecule has 2 aromatic heterocycles. The van der Waals surface area contributed by atoms with E-state index in [4.69, 9.17) is 22.3 Å². The number of H-pyrrole nitrogens is 2. The van der Waals surface area contributed by atoms with Gasteiger partial charge in [0.1, 0.15) is 73.0 Å². The molecule has 11 amide bonds. The molecule has 127 heavy (non-hydrogen) atoms. The van der Waals surface area contributed by atoms with E-state index in [1.54, 1.807) is 74.6 Å². The number of nitrogens with two attached hydrogens (primary N) is 2. The molecule has 4 heterocycles. The van der Waals surface area contributed by atoms with Crippen LogP contribution < -0.4 is 75.3 Å². The predicted octanol–water partition coefficient (Wildman–Crippen LogP) is -6.05. The average Bonchev–Trinajstić information content (AvgIpc) is 1.83. The number of benzene rings is 2. The number of guanidine groups is 2. The second kappa shape index (κ2) is 57.0. The molecule has 6 rings (SSSR count). The molecular weight excluding hydrogens is 2060 g/mol. The maximum absolute atomic E-state index is 15.2. The number of hydrogen-bond donors (Lipinski definition) is 26. The number of aliphatic carboxylic acids is 5. The minimum atomic E-state index is -1.81. The van der Waals surface area contributed by atoms with Gasteiger partial charge in [-0.1, -0.05) is 62.4 Å². The number of fused-ring (bicyclic) bond motifs is 1. The van der Waals surface area contributed by atoms with Gasteiger partial charge >= 0.3 is 29.8 Å². The Balaban J connectivity index is 0.0000139.